The molecule has 0 heterocycles. The van der Waals surface area contributed by atoms with Crippen LogP contribution in [0.1, 0.15) is 44.9 Å². The Morgan fingerprint density at radius 2 is 2.07 bits per heavy atom. The van der Waals surface area contributed by atoms with Crippen LogP contribution in [0.3, 0.4) is 0 Å². The number of nitrogens with zero attached hydrogens (tertiary/aromatic N) is 1. The Morgan fingerprint density at radius 3 is 2.67 bits per heavy atom. The minimum atomic E-state index is 0.328. The summed E-state index contributed by atoms with van der Waals surface area (Å²) in [6.07, 6.45) is 9.93. The lowest BCUT2D eigenvalue weighted by atomic mass is 10.1. The van der Waals surface area contributed by atoms with Crippen LogP contribution >= 0.6 is 0 Å². The Balaban J connectivity index is 2.17. The summed E-state index contributed by atoms with van der Waals surface area (Å²) in [6, 6.07) is 0. The van der Waals surface area contributed by atoms with Gasteiger partial charge in [-0.1, -0.05) is 18.9 Å². The van der Waals surface area contributed by atoms with Gasteiger partial charge in [-0.15, -0.1) is 6.58 Å². The lowest BCUT2D eigenvalue weighted by molar-refractivity contribution is -0.134. The average Bonchev–Trinajstić information content (AvgIpc) is 2.76. The van der Waals surface area contributed by atoms with Crippen LogP contribution in [0.25, 0.3) is 0 Å². The molecule has 1 saturated carbocycles. The first-order chi connectivity index (χ1) is 7.25. The maximum Gasteiger partial charge on any atom is 0.225 e. The normalized spacial score (nSPS) is 16.6. The lowest BCUT2D eigenvalue weighted by Crippen LogP contribution is -2.32. The van der Waals surface area contributed by atoms with E-state index in [1.165, 1.54) is 12.8 Å². The van der Waals surface area contributed by atoms with E-state index in [-0.39, 0.29) is 0 Å². The predicted molar refractivity (Wildman–Crippen MR) is 63.6 cm³/mol. The number of allylic oxidation sites excluding steroid dienone is 1. The number of hydrogen-bond donors (Lipinski definition) is 0. The Bertz CT molecular complexity index is 207. The smallest absolute Gasteiger partial charge is 0.225 e. The van der Waals surface area contributed by atoms with Crippen molar-refractivity contribution in [1.82, 2.24) is 4.90 Å². The molecule has 0 bridgehead atoms. The van der Waals surface area contributed by atoms with Gasteiger partial charge in [0.05, 0.1) is 0 Å². The van der Waals surface area contributed by atoms with Crippen LogP contribution < -0.4 is 0 Å². The van der Waals surface area contributed by atoms with Crippen molar-refractivity contribution in [2.75, 3.05) is 13.6 Å². The van der Waals surface area contributed by atoms with Gasteiger partial charge in [0, 0.05) is 19.5 Å². The quantitative estimate of drug-likeness (QED) is 0.486. The minimum absolute atomic E-state index is 0.328. The summed E-state index contributed by atoms with van der Waals surface area (Å²) in [5, 5.41) is 0. The number of carbonyl (C=O) groups excluding carboxylic acids is 1. The Hall–Kier alpha value is -0.790. The van der Waals surface area contributed by atoms with Gasteiger partial charge in [-0.25, -0.2) is 0 Å². The molecule has 1 aliphatic carbocycles. The summed E-state index contributed by atoms with van der Waals surface area (Å²) in [6.45, 7) is 4.60. The molecule has 0 spiro atoms. The van der Waals surface area contributed by atoms with Gasteiger partial charge in [0.1, 0.15) is 0 Å². The van der Waals surface area contributed by atoms with Crippen molar-refractivity contribution in [3.05, 3.63) is 12.7 Å². The first-order valence-electron chi connectivity index (χ1n) is 6.11. The highest BCUT2D eigenvalue weighted by molar-refractivity contribution is 5.78. The lowest BCUT2D eigenvalue weighted by Gasteiger charge is -2.20. The maximum absolute atomic E-state index is 11.9. The Kier molecular flexibility index (Phi) is 5.44. The van der Waals surface area contributed by atoms with Crippen molar-refractivity contribution >= 4 is 5.91 Å². The molecule has 0 unspecified atom stereocenters. The highest BCUT2D eigenvalue weighted by Crippen LogP contribution is 2.26. The van der Waals surface area contributed by atoms with E-state index in [0.717, 1.165) is 38.6 Å². The molecule has 1 amide bonds. The first kappa shape index (κ1) is 12.3. The molecule has 0 atom stereocenters. The second kappa shape index (κ2) is 6.65. The number of amides is 1. The standard InChI is InChI=1S/C13H23NO/c1-3-4-5-8-11-14(2)13(15)12-9-6-7-10-12/h3,12H,1,4-11H2,2H3. The first-order valence-corrected chi connectivity index (χ1v) is 6.11. The monoisotopic (exact) mass is 209 g/mol. The van der Waals surface area contributed by atoms with Gasteiger partial charge in [0.25, 0.3) is 0 Å². The van der Waals surface area contributed by atoms with E-state index in [1.54, 1.807) is 0 Å². The Labute approximate surface area is 93.3 Å². The van der Waals surface area contributed by atoms with Crippen molar-refractivity contribution in [2.45, 2.75) is 44.9 Å². The van der Waals surface area contributed by atoms with Crippen LogP contribution in [-0.4, -0.2) is 24.4 Å². The highest BCUT2D eigenvalue weighted by atomic mass is 16.2. The average molecular weight is 209 g/mol. The zero-order valence-electron chi connectivity index (χ0n) is 9.87. The van der Waals surface area contributed by atoms with Crippen molar-refractivity contribution in [3.63, 3.8) is 0 Å². The van der Waals surface area contributed by atoms with Crippen LogP contribution in [0.4, 0.5) is 0 Å². The number of carbonyl (C=O) groups is 1. The summed E-state index contributed by atoms with van der Waals surface area (Å²) in [4.78, 5) is 13.8. The van der Waals surface area contributed by atoms with Crippen LogP contribution in [0.2, 0.25) is 0 Å². The van der Waals surface area contributed by atoms with E-state index < -0.39 is 0 Å². The Morgan fingerprint density at radius 1 is 1.40 bits per heavy atom. The van der Waals surface area contributed by atoms with Gasteiger partial charge in [0.15, 0.2) is 0 Å². The second-order valence-electron chi connectivity index (χ2n) is 4.53. The maximum atomic E-state index is 11.9. The topological polar surface area (TPSA) is 20.3 Å². The number of rotatable bonds is 6. The third-order valence-electron chi connectivity index (χ3n) is 3.23. The van der Waals surface area contributed by atoms with E-state index in [4.69, 9.17) is 0 Å². The molecule has 0 aromatic carbocycles. The fourth-order valence-corrected chi connectivity index (χ4v) is 2.23. The van der Waals surface area contributed by atoms with Gasteiger partial charge >= 0.3 is 0 Å². The van der Waals surface area contributed by atoms with Crippen LogP contribution in [0.5, 0.6) is 0 Å². The van der Waals surface area contributed by atoms with Gasteiger partial charge in [-0.2, -0.15) is 0 Å². The second-order valence-corrected chi connectivity index (χ2v) is 4.53. The third-order valence-corrected chi connectivity index (χ3v) is 3.23. The summed E-state index contributed by atoms with van der Waals surface area (Å²) in [7, 11) is 1.94. The minimum Gasteiger partial charge on any atom is -0.346 e. The predicted octanol–water partition coefficient (Wildman–Crippen LogP) is 2.99. The van der Waals surface area contributed by atoms with E-state index >= 15 is 0 Å². The molecule has 0 aromatic heterocycles. The van der Waals surface area contributed by atoms with Crippen molar-refractivity contribution in [1.29, 1.82) is 0 Å². The van der Waals surface area contributed by atoms with Gasteiger partial charge in [-0.05, 0) is 32.1 Å². The fourth-order valence-electron chi connectivity index (χ4n) is 2.23. The van der Waals surface area contributed by atoms with Crippen molar-refractivity contribution < 1.29 is 4.79 Å². The zero-order valence-corrected chi connectivity index (χ0v) is 9.87. The van der Waals surface area contributed by atoms with Crippen molar-refractivity contribution in [3.8, 4) is 0 Å². The van der Waals surface area contributed by atoms with E-state index in [2.05, 4.69) is 6.58 Å². The largest absolute Gasteiger partial charge is 0.346 e. The highest BCUT2D eigenvalue weighted by Gasteiger charge is 2.24. The molecule has 1 rings (SSSR count). The summed E-state index contributed by atoms with van der Waals surface area (Å²) >= 11 is 0. The molecule has 0 aliphatic heterocycles. The molecular formula is C13H23NO. The van der Waals surface area contributed by atoms with Crippen LogP contribution in [0.15, 0.2) is 12.7 Å². The SMILES string of the molecule is C=CCCCCN(C)C(=O)C1CCCC1. The summed E-state index contributed by atoms with van der Waals surface area (Å²) in [5.74, 6) is 0.695. The molecule has 2 heteroatoms. The molecule has 15 heavy (non-hydrogen) atoms. The fraction of sp³-hybridized carbons (Fsp3) is 0.769. The summed E-state index contributed by atoms with van der Waals surface area (Å²) < 4.78 is 0. The van der Waals surface area contributed by atoms with Gasteiger partial charge < -0.3 is 4.90 Å². The van der Waals surface area contributed by atoms with E-state index in [1.807, 2.05) is 18.0 Å². The molecule has 1 aliphatic rings. The molecular weight excluding hydrogens is 186 g/mol. The van der Waals surface area contributed by atoms with Crippen LogP contribution in [0, 0.1) is 5.92 Å². The van der Waals surface area contributed by atoms with Gasteiger partial charge in [-0.3, -0.25) is 4.79 Å². The van der Waals surface area contributed by atoms with Crippen LogP contribution in [-0.2, 0) is 4.79 Å². The zero-order chi connectivity index (χ0) is 11.1. The molecule has 0 aromatic rings. The van der Waals surface area contributed by atoms with Gasteiger partial charge in [0.2, 0.25) is 5.91 Å². The third kappa shape index (κ3) is 4.06. The molecule has 2 nitrogen and oxygen atoms in total. The van der Waals surface area contributed by atoms with E-state index in [0.29, 0.717) is 11.8 Å². The molecule has 0 N–H and O–H groups in total. The molecule has 0 radical (unpaired) electrons. The van der Waals surface area contributed by atoms with Crippen molar-refractivity contribution in [2.24, 2.45) is 5.92 Å². The molecule has 86 valence electrons. The van der Waals surface area contributed by atoms with E-state index in [9.17, 15) is 4.79 Å². The number of unbranched alkanes of at least 4 members (excludes halogenated alkanes) is 2. The molecule has 1 fully saturated rings. The number of hydrogen-bond acceptors (Lipinski definition) is 1. The summed E-state index contributed by atoms with van der Waals surface area (Å²) in [5.41, 5.74) is 0. The molecule has 0 saturated heterocycles.